The molecule has 13 heavy (non-hydrogen) atoms. The largest absolute Gasteiger partial charge is 0.356 e. The molecule has 0 rings (SSSR count). The van der Waals surface area contributed by atoms with Crippen molar-refractivity contribution in [1.82, 2.24) is 5.59 Å². The average molecular weight is 206 g/mol. The Kier molecular flexibility index (Phi) is 9.63. The number of nitrogens with one attached hydrogen (secondary N) is 1. The van der Waals surface area contributed by atoms with Gasteiger partial charge in [-0.2, -0.15) is 11.8 Å². The number of hydrogen-bond donors (Lipinski definition) is 2. The maximum absolute atomic E-state index is 10.8. The van der Waals surface area contributed by atoms with Gasteiger partial charge in [0.25, 0.3) is 0 Å². The quantitative estimate of drug-likeness (QED) is 0.355. The van der Waals surface area contributed by atoms with Crippen LogP contribution in [0.4, 0.5) is 0 Å². The maximum atomic E-state index is 10.8. The van der Waals surface area contributed by atoms with Crippen LogP contribution in [-0.4, -0.2) is 17.5 Å². The van der Waals surface area contributed by atoms with Crippen molar-refractivity contribution in [2.24, 2.45) is 5.84 Å². The van der Waals surface area contributed by atoms with Crippen LogP contribution in [0.1, 0.15) is 32.6 Å². The molecule has 0 amide bonds. The van der Waals surface area contributed by atoms with E-state index in [2.05, 4.69) is 11.8 Å². The first-order chi connectivity index (χ1) is 6.31. The normalized spacial score (nSPS) is 10.0. The van der Waals surface area contributed by atoms with Crippen LogP contribution in [0.3, 0.4) is 0 Å². The van der Waals surface area contributed by atoms with E-state index in [1.807, 2.05) is 5.59 Å². The highest BCUT2D eigenvalue weighted by Crippen LogP contribution is 2.07. The Morgan fingerprint density at radius 3 is 2.85 bits per heavy atom. The lowest BCUT2D eigenvalue weighted by Crippen LogP contribution is -2.26. The first-order valence-corrected chi connectivity index (χ1v) is 5.69. The highest BCUT2D eigenvalue weighted by Gasteiger charge is 2.00. The summed E-state index contributed by atoms with van der Waals surface area (Å²) in [7, 11) is 0. The van der Waals surface area contributed by atoms with E-state index in [0.29, 0.717) is 6.42 Å². The van der Waals surface area contributed by atoms with Gasteiger partial charge in [0.2, 0.25) is 0 Å². The van der Waals surface area contributed by atoms with E-state index in [1.165, 1.54) is 19.3 Å². The van der Waals surface area contributed by atoms with Gasteiger partial charge in [0.05, 0.1) is 6.42 Å². The number of rotatable bonds is 8. The van der Waals surface area contributed by atoms with Crippen LogP contribution in [0.5, 0.6) is 0 Å². The summed E-state index contributed by atoms with van der Waals surface area (Å²) in [6.07, 6.45) is 4.15. The van der Waals surface area contributed by atoms with E-state index in [1.54, 1.807) is 11.8 Å². The standard InChI is InChI=1S/C8H18N2O2S/c1-2-3-4-6-13-7-5-8(11)12-10-9/h10H,2-7,9H2,1H3. The molecule has 0 fully saturated rings. The molecule has 0 aliphatic carbocycles. The molecular weight excluding hydrogens is 188 g/mol. The molecule has 0 heterocycles. The number of hydrazine groups is 1. The molecule has 0 aromatic heterocycles. The summed E-state index contributed by atoms with van der Waals surface area (Å²) in [6, 6.07) is 0. The smallest absolute Gasteiger partial charge is 0.327 e. The zero-order valence-electron chi connectivity index (χ0n) is 8.04. The summed E-state index contributed by atoms with van der Waals surface area (Å²) in [5, 5.41) is 0. The molecule has 0 saturated carbocycles. The highest BCUT2D eigenvalue weighted by molar-refractivity contribution is 7.99. The number of nitrogens with two attached hydrogens (primary N) is 1. The molecule has 0 aliphatic rings. The van der Waals surface area contributed by atoms with E-state index in [0.717, 1.165) is 11.5 Å². The molecule has 0 atom stereocenters. The molecule has 0 radical (unpaired) electrons. The maximum Gasteiger partial charge on any atom is 0.327 e. The molecule has 0 aromatic rings. The fourth-order valence-corrected chi connectivity index (χ4v) is 1.75. The van der Waals surface area contributed by atoms with Crippen molar-refractivity contribution in [2.75, 3.05) is 11.5 Å². The van der Waals surface area contributed by atoms with Gasteiger partial charge in [-0.15, -0.1) is 0 Å². The topological polar surface area (TPSA) is 64.3 Å². The third-order valence-electron chi connectivity index (χ3n) is 1.52. The molecule has 78 valence electrons. The second-order valence-electron chi connectivity index (χ2n) is 2.66. The van der Waals surface area contributed by atoms with Gasteiger partial charge in [0.15, 0.2) is 0 Å². The summed E-state index contributed by atoms with van der Waals surface area (Å²) in [5.74, 6) is 6.43. The van der Waals surface area contributed by atoms with Crippen molar-refractivity contribution in [3.63, 3.8) is 0 Å². The fourth-order valence-electron chi connectivity index (χ4n) is 0.828. The van der Waals surface area contributed by atoms with Gasteiger partial charge < -0.3 is 4.84 Å². The molecule has 0 saturated heterocycles. The summed E-state index contributed by atoms with van der Waals surface area (Å²) < 4.78 is 0. The zero-order valence-corrected chi connectivity index (χ0v) is 8.86. The molecule has 4 nitrogen and oxygen atoms in total. The Morgan fingerprint density at radius 2 is 2.23 bits per heavy atom. The molecule has 0 spiro atoms. The van der Waals surface area contributed by atoms with E-state index in [-0.39, 0.29) is 5.97 Å². The summed E-state index contributed by atoms with van der Waals surface area (Å²) >= 11 is 1.78. The molecule has 0 bridgehead atoms. The molecule has 0 unspecified atom stereocenters. The Bertz CT molecular complexity index is 133. The lowest BCUT2D eigenvalue weighted by molar-refractivity contribution is -0.150. The predicted molar refractivity (Wildman–Crippen MR) is 54.9 cm³/mol. The highest BCUT2D eigenvalue weighted by atomic mass is 32.2. The average Bonchev–Trinajstić information content (AvgIpc) is 2.11. The van der Waals surface area contributed by atoms with Gasteiger partial charge in [0, 0.05) is 5.75 Å². The van der Waals surface area contributed by atoms with Crippen LogP contribution in [0, 0.1) is 0 Å². The predicted octanol–water partition coefficient (Wildman–Crippen LogP) is 1.22. The van der Waals surface area contributed by atoms with E-state index >= 15 is 0 Å². The Hall–Kier alpha value is -0.260. The zero-order chi connectivity index (χ0) is 9.94. The molecule has 5 heteroatoms. The summed E-state index contributed by atoms with van der Waals surface area (Å²) in [6.45, 7) is 2.18. The SMILES string of the molecule is CCCCCSCCC(=O)ONN. The molecule has 0 aliphatic heterocycles. The summed E-state index contributed by atoms with van der Waals surface area (Å²) in [5.41, 5.74) is 1.87. The molecular formula is C8H18N2O2S. The Balaban J connectivity index is 3.02. The van der Waals surface area contributed by atoms with Crippen LogP contribution in [0.2, 0.25) is 0 Å². The van der Waals surface area contributed by atoms with E-state index < -0.39 is 0 Å². The van der Waals surface area contributed by atoms with Crippen molar-refractivity contribution >= 4 is 17.7 Å². The first-order valence-electron chi connectivity index (χ1n) is 4.54. The van der Waals surface area contributed by atoms with Gasteiger partial charge in [-0.05, 0) is 12.2 Å². The lowest BCUT2D eigenvalue weighted by Gasteiger charge is -2.01. The molecule has 0 aromatic carbocycles. The van der Waals surface area contributed by atoms with Gasteiger partial charge in [-0.3, -0.25) is 4.79 Å². The van der Waals surface area contributed by atoms with Crippen LogP contribution in [0.15, 0.2) is 0 Å². The van der Waals surface area contributed by atoms with Gasteiger partial charge >= 0.3 is 5.97 Å². The lowest BCUT2D eigenvalue weighted by atomic mass is 10.3. The van der Waals surface area contributed by atoms with Crippen molar-refractivity contribution in [3.05, 3.63) is 0 Å². The molecule has 3 N–H and O–H groups in total. The van der Waals surface area contributed by atoms with E-state index in [4.69, 9.17) is 5.84 Å². The number of carbonyl (C=O) groups is 1. The van der Waals surface area contributed by atoms with Crippen LogP contribution in [0.25, 0.3) is 0 Å². The number of carbonyl (C=O) groups excluding carboxylic acids is 1. The first kappa shape index (κ1) is 12.7. The van der Waals surface area contributed by atoms with Gasteiger partial charge in [-0.1, -0.05) is 25.4 Å². The van der Waals surface area contributed by atoms with Crippen molar-refractivity contribution < 1.29 is 9.63 Å². The second kappa shape index (κ2) is 9.83. The van der Waals surface area contributed by atoms with Crippen molar-refractivity contribution in [1.29, 1.82) is 0 Å². The van der Waals surface area contributed by atoms with Gasteiger partial charge in [0.1, 0.15) is 0 Å². The van der Waals surface area contributed by atoms with Crippen molar-refractivity contribution in [2.45, 2.75) is 32.6 Å². The van der Waals surface area contributed by atoms with Crippen LogP contribution in [-0.2, 0) is 9.63 Å². The Labute approximate surface area is 83.5 Å². The van der Waals surface area contributed by atoms with Crippen LogP contribution >= 0.6 is 11.8 Å². The number of unbranched alkanes of at least 4 members (excludes halogenated alkanes) is 2. The third kappa shape index (κ3) is 9.66. The van der Waals surface area contributed by atoms with Gasteiger partial charge in [-0.25, -0.2) is 5.84 Å². The number of hydrogen-bond acceptors (Lipinski definition) is 5. The summed E-state index contributed by atoms with van der Waals surface area (Å²) in [4.78, 5) is 15.1. The van der Waals surface area contributed by atoms with Crippen LogP contribution < -0.4 is 11.4 Å². The fraction of sp³-hybridized carbons (Fsp3) is 0.875. The van der Waals surface area contributed by atoms with Crippen molar-refractivity contribution in [3.8, 4) is 0 Å². The monoisotopic (exact) mass is 206 g/mol. The Morgan fingerprint density at radius 1 is 1.46 bits per heavy atom. The number of thioether (sulfide) groups is 1. The van der Waals surface area contributed by atoms with E-state index in [9.17, 15) is 4.79 Å². The minimum absolute atomic E-state index is 0.300. The second-order valence-corrected chi connectivity index (χ2v) is 3.89. The minimum Gasteiger partial charge on any atom is -0.356 e. The minimum atomic E-state index is -0.300. The third-order valence-corrected chi connectivity index (χ3v) is 2.59.